The number of halogens is 1. The van der Waals surface area contributed by atoms with E-state index in [1.807, 2.05) is 18.7 Å². The fraction of sp³-hybridized carbons (Fsp3) is 0.500. The summed E-state index contributed by atoms with van der Waals surface area (Å²) in [5.74, 6) is -0.481. The number of likely N-dealkylation sites (N-methyl/N-ethyl adjacent to an activating group) is 1. The van der Waals surface area contributed by atoms with Gasteiger partial charge in [0.1, 0.15) is 5.54 Å². The molecule has 0 unspecified atom stereocenters. The zero-order valence-corrected chi connectivity index (χ0v) is 10.3. The van der Waals surface area contributed by atoms with E-state index < -0.39 is 11.5 Å². The van der Waals surface area contributed by atoms with Gasteiger partial charge in [0.05, 0.1) is 0 Å². The van der Waals surface area contributed by atoms with E-state index in [9.17, 15) is 9.18 Å². The minimum absolute atomic E-state index is 0.0426. The Kier molecular flexibility index (Phi) is 2.77. The molecule has 1 amide bonds. The molecule has 0 atom stereocenters. The van der Waals surface area contributed by atoms with Crippen LogP contribution in [0.3, 0.4) is 0 Å². The van der Waals surface area contributed by atoms with E-state index in [1.165, 1.54) is 12.3 Å². The number of piperazine rings is 1. The van der Waals surface area contributed by atoms with Crippen LogP contribution in [0.15, 0.2) is 18.3 Å². The summed E-state index contributed by atoms with van der Waals surface area (Å²) in [5.41, 5.74) is 0.0461. The van der Waals surface area contributed by atoms with Crippen LogP contribution in [-0.4, -0.2) is 41.5 Å². The zero-order valence-electron chi connectivity index (χ0n) is 10.3. The van der Waals surface area contributed by atoms with Gasteiger partial charge in [-0.25, -0.2) is 4.98 Å². The van der Waals surface area contributed by atoms with Gasteiger partial charge in [-0.05, 0) is 19.9 Å². The van der Waals surface area contributed by atoms with Crippen LogP contribution in [0.4, 0.5) is 10.1 Å². The van der Waals surface area contributed by atoms with Crippen LogP contribution in [0.25, 0.3) is 0 Å². The van der Waals surface area contributed by atoms with Crippen molar-refractivity contribution in [2.75, 3.05) is 25.0 Å². The highest BCUT2D eigenvalue weighted by Crippen LogP contribution is 2.28. The number of rotatable bonds is 1. The number of anilines is 1. The van der Waals surface area contributed by atoms with Gasteiger partial charge in [0.2, 0.25) is 11.9 Å². The van der Waals surface area contributed by atoms with Crippen LogP contribution in [0.2, 0.25) is 0 Å². The fourth-order valence-corrected chi connectivity index (χ4v) is 2.23. The lowest BCUT2D eigenvalue weighted by Gasteiger charge is -2.46. The maximum absolute atomic E-state index is 13.1. The Labute approximate surface area is 100 Å². The lowest BCUT2D eigenvalue weighted by atomic mass is 9.97. The average molecular weight is 237 g/mol. The number of hydrogen-bond donors (Lipinski definition) is 0. The molecule has 0 radical (unpaired) electrons. The van der Waals surface area contributed by atoms with Crippen molar-refractivity contribution < 1.29 is 9.18 Å². The zero-order chi connectivity index (χ0) is 12.6. The highest BCUT2D eigenvalue weighted by atomic mass is 19.1. The van der Waals surface area contributed by atoms with Gasteiger partial charge in [0.15, 0.2) is 0 Å². The van der Waals surface area contributed by atoms with Crippen molar-refractivity contribution in [3.05, 3.63) is 24.3 Å². The molecule has 0 aliphatic carbocycles. The van der Waals surface area contributed by atoms with Crippen LogP contribution < -0.4 is 4.90 Å². The number of carbonyl (C=O) groups excluding carboxylic acids is 1. The summed E-state index contributed by atoms with van der Waals surface area (Å²) in [4.78, 5) is 19.2. The molecule has 1 aliphatic heterocycles. The van der Waals surface area contributed by atoms with Crippen LogP contribution in [-0.2, 0) is 4.79 Å². The molecule has 1 fully saturated rings. The Morgan fingerprint density at radius 3 is 2.76 bits per heavy atom. The van der Waals surface area contributed by atoms with Gasteiger partial charge in [0.25, 0.3) is 0 Å². The monoisotopic (exact) mass is 237 g/mol. The molecule has 1 aliphatic rings. The summed E-state index contributed by atoms with van der Waals surface area (Å²) < 4.78 is 13.1. The second-order valence-corrected chi connectivity index (χ2v) is 4.77. The summed E-state index contributed by atoms with van der Waals surface area (Å²) in [5, 5.41) is 0. The van der Waals surface area contributed by atoms with E-state index in [0.717, 1.165) is 0 Å². The summed E-state index contributed by atoms with van der Waals surface area (Å²) >= 11 is 0. The Hall–Kier alpha value is -1.65. The van der Waals surface area contributed by atoms with Gasteiger partial charge in [-0.2, -0.15) is 4.39 Å². The number of carbonyl (C=O) groups is 1. The molecule has 2 heterocycles. The molecular formula is C12H16FN3O. The number of pyridine rings is 1. The third kappa shape index (κ3) is 1.97. The summed E-state index contributed by atoms with van der Waals surface area (Å²) in [6.45, 7) is 5.04. The van der Waals surface area contributed by atoms with E-state index in [0.29, 0.717) is 18.8 Å². The highest BCUT2D eigenvalue weighted by molar-refractivity contribution is 5.90. The van der Waals surface area contributed by atoms with Gasteiger partial charge in [-0.15, -0.1) is 0 Å². The van der Waals surface area contributed by atoms with Gasteiger partial charge in [0, 0.05) is 38.1 Å². The molecule has 5 heteroatoms. The summed E-state index contributed by atoms with van der Waals surface area (Å²) in [7, 11) is 1.79. The van der Waals surface area contributed by atoms with Gasteiger partial charge >= 0.3 is 0 Å². The smallest absolute Gasteiger partial charge is 0.247 e. The minimum atomic E-state index is -0.652. The number of amides is 1. The largest absolute Gasteiger partial charge is 0.356 e. The van der Waals surface area contributed by atoms with Crippen LogP contribution in [0.1, 0.15) is 13.8 Å². The lowest BCUT2D eigenvalue weighted by Crippen LogP contribution is -2.62. The second-order valence-electron chi connectivity index (χ2n) is 4.77. The Bertz CT molecular complexity index is 447. The molecule has 0 N–H and O–H groups in total. The first-order chi connectivity index (χ1) is 7.93. The fourth-order valence-electron chi connectivity index (χ4n) is 2.23. The van der Waals surface area contributed by atoms with Gasteiger partial charge in [-0.1, -0.05) is 0 Å². The highest BCUT2D eigenvalue weighted by Gasteiger charge is 2.40. The van der Waals surface area contributed by atoms with Crippen molar-refractivity contribution in [3.8, 4) is 0 Å². The van der Waals surface area contributed by atoms with Crippen molar-refractivity contribution in [2.24, 2.45) is 0 Å². The van der Waals surface area contributed by atoms with Crippen LogP contribution >= 0.6 is 0 Å². The lowest BCUT2D eigenvalue weighted by molar-refractivity contribution is -0.136. The first-order valence-corrected chi connectivity index (χ1v) is 5.57. The quantitative estimate of drug-likeness (QED) is 0.690. The molecule has 17 heavy (non-hydrogen) atoms. The first kappa shape index (κ1) is 11.8. The first-order valence-electron chi connectivity index (χ1n) is 5.57. The molecule has 0 bridgehead atoms. The Balaban J connectivity index is 2.36. The predicted octanol–water partition coefficient (Wildman–Crippen LogP) is 1.28. The molecule has 0 aromatic carbocycles. The van der Waals surface area contributed by atoms with E-state index in [1.54, 1.807) is 18.0 Å². The summed E-state index contributed by atoms with van der Waals surface area (Å²) in [6, 6.07) is 3.09. The third-order valence-corrected chi connectivity index (χ3v) is 3.23. The molecule has 1 saturated heterocycles. The molecular weight excluding hydrogens is 221 g/mol. The second kappa shape index (κ2) is 3.98. The molecule has 1 aromatic heterocycles. The third-order valence-electron chi connectivity index (χ3n) is 3.23. The molecule has 0 spiro atoms. The van der Waals surface area contributed by atoms with Crippen molar-refractivity contribution >= 4 is 11.6 Å². The predicted molar refractivity (Wildman–Crippen MR) is 63.3 cm³/mol. The number of aromatic nitrogens is 1. The molecule has 0 saturated carbocycles. The average Bonchev–Trinajstić information content (AvgIpc) is 2.26. The topological polar surface area (TPSA) is 36.4 Å². The number of hydrogen-bond acceptors (Lipinski definition) is 3. The van der Waals surface area contributed by atoms with Crippen molar-refractivity contribution in [3.63, 3.8) is 0 Å². The SMILES string of the molecule is CN1CCN(c2ccnc(F)c2)C(C)(C)C1=O. The van der Waals surface area contributed by atoms with E-state index in [2.05, 4.69) is 4.98 Å². The normalized spacial score (nSPS) is 19.6. The molecule has 4 nitrogen and oxygen atoms in total. The van der Waals surface area contributed by atoms with Gasteiger partial charge < -0.3 is 9.80 Å². The van der Waals surface area contributed by atoms with E-state index in [-0.39, 0.29) is 5.91 Å². The summed E-state index contributed by atoms with van der Waals surface area (Å²) in [6.07, 6.45) is 1.42. The minimum Gasteiger partial charge on any atom is -0.356 e. The van der Waals surface area contributed by atoms with Crippen molar-refractivity contribution in [1.29, 1.82) is 0 Å². The molecule has 1 aromatic rings. The van der Waals surface area contributed by atoms with Crippen molar-refractivity contribution in [2.45, 2.75) is 19.4 Å². The van der Waals surface area contributed by atoms with Crippen LogP contribution in [0, 0.1) is 5.95 Å². The van der Waals surface area contributed by atoms with E-state index >= 15 is 0 Å². The van der Waals surface area contributed by atoms with Crippen LogP contribution in [0.5, 0.6) is 0 Å². The molecule has 2 rings (SSSR count). The number of nitrogens with zero attached hydrogens (tertiary/aromatic N) is 3. The van der Waals surface area contributed by atoms with Crippen molar-refractivity contribution in [1.82, 2.24) is 9.88 Å². The van der Waals surface area contributed by atoms with E-state index in [4.69, 9.17) is 0 Å². The Morgan fingerprint density at radius 1 is 1.41 bits per heavy atom. The standard InChI is InChI=1S/C12H16FN3O/c1-12(2)11(17)15(3)6-7-16(12)9-4-5-14-10(13)8-9/h4-5,8H,6-7H2,1-3H3. The maximum Gasteiger partial charge on any atom is 0.247 e. The molecule has 92 valence electrons. The maximum atomic E-state index is 13.1. The van der Waals surface area contributed by atoms with Gasteiger partial charge in [-0.3, -0.25) is 4.79 Å². The Morgan fingerprint density at radius 2 is 2.12 bits per heavy atom.